The lowest BCUT2D eigenvalue weighted by Gasteiger charge is -2.02. The van der Waals surface area contributed by atoms with Crippen LogP contribution in [0.4, 0.5) is 0 Å². The van der Waals surface area contributed by atoms with Gasteiger partial charge in [-0.1, -0.05) is 77.7 Å². The molecular weight excluding hydrogens is 206 g/mol. The Morgan fingerprint density at radius 1 is 0.706 bits per heavy atom. The SMILES string of the molecule is CCC=CNCCCCCCCCCCCC. The van der Waals surface area contributed by atoms with Crippen molar-refractivity contribution >= 4 is 0 Å². The van der Waals surface area contributed by atoms with E-state index in [2.05, 4.69) is 31.4 Å². The standard InChI is InChI=1S/C16H33N/c1-3-5-7-8-9-10-11-12-13-14-16-17-15-6-4-2/h6,15,17H,3-5,7-14,16H2,1-2H3. The topological polar surface area (TPSA) is 12.0 Å². The molecule has 0 aliphatic rings. The Labute approximate surface area is 109 Å². The van der Waals surface area contributed by atoms with Crippen LogP contribution in [-0.2, 0) is 0 Å². The van der Waals surface area contributed by atoms with Gasteiger partial charge in [-0.2, -0.15) is 0 Å². The summed E-state index contributed by atoms with van der Waals surface area (Å²) in [5.74, 6) is 0. The Balaban J connectivity index is 2.91. The van der Waals surface area contributed by atoms with Gasteiger partial charge in [-0.3, -0.25) is 0 Å². The first-order valence-electron chi connectivity index (χ1n) is 7.80. The van der Waals surface area contributed by atoms with Crippen LogP contribution in [0.2, 0.25) is 0 Å². The summed E-state index contributed by atoms with van der Waals surface area (Å²) in [6, 6.07) is 0. The van der Waals surface area contributed by atoms with Gasteiger partial charge in [0, 0.05) is 6.54 Å². The molecule has 1 nitrogen and oxygen atoms in total. The molecule has 0 radical (unpaired) electrons. The molecule has 0 aliphatic carbocycles. The van der Waals surface area contributed by atoms with E-state index in [1.807, 2.05) is 0 Å². The minimum atomic E-state index is 1.13. The lowest BCUT2D eigenvalue weighted by molar-refractivity contribution is 0.553. The van der Waals surface area contributed by atoms with Crippen LogP contribution < -0.4 is 5.32 Å². The molecule has 0 unspecified atom stereocenters. The number of nitrogens with one attached hydrogen (secondary N) is 1. The van der Waals surface area contributed by atoms with E-state index in [9.17, 15) is 0 Å². The minimum absolute atomic E-state index is 1.13. The Kier molecular flexibility index (Phi) is 15.1. The van der Waals surface area contributed by atoms with Crippen LogP contribution in [0.5, 0.6) is 0 Å². The molecular formula is C16H33N. The Morgan fingerprint density at radius 3 is 1.76 bits per heavy atom. The maximum absolute atomic E-state index is 3.33. The second-order valence-electron chi connectivity index (χ2n) is 4.95. The molecule has 0 bridgehead atoms. The fourth-order valence-electron chi connectivity index (χ4n) is 2.00. The molecule has 0 saturated carbocycles. The van der Waals surface area contributed by atoms with E-state index in [4.69, 9.17) is 0 Å². The quantitative estimate of drug-likeness (QED) is 0.423. The van der Waals surface area contributed by atoms with E-state index < -0.39 is 0 Å². The van der Waals surface area contributed by atoms with Gasteiger partial charge >= 0.3 is 0 Å². The zero-order chi connectivity index (χ0) is 12.6. The Hall–Kier alpha value is -0.460. The van der Waals surface area contributed by atoms with Gasteiger partial charge in [0.1, 0.15) is 0 Å². The Morgan fingerprint density at radius 2 is 1.24 bits per heavy atom. The first kappa shape index (κ1) is 16.5. The van der Waals surface area contributed by atoms with E-state index in [0.717, 1.165) is 13.0 Å². The van der Waals surface area contributed by atoms with Gasteiger partial charge in [-0.05, 0) is 19.0 Å². The highest BCUT2D eigenvalue weighted by atomic mass is 14.8. The molecule has 1 heteroatoms. The third-order valence-electron chi connectivity index (χ3n) is 3.15. The minimum Gasteiger partial charge on any atom is -0.391 e. The zero-order valence-corrected chi connectivity index (χ0v) is 12.1. The number of unbranched alkanes of at least 4 members (excludes halogenated alkanes) is 9. The van der Waals surface area contributed by atoms with Gasteiger partial charge < -0.3 is 5.32 Å². The number of rotatable bonds is 13. The molecule has 0 amide bonds. The zero-order valence-electron chi connectivity index (χ0n) is 12.1. The van der Waals surface area contributed by atoms with Crippen LogP contribution in [0.1, 0.15) is 84.5 Å². The van der Waals surface area contributed by atoms with Gasteiger partial charge in [-0.25, -0.2) is 0 Å². The summed E-state index contributed by atoms with van der Waals surface area (Å²) in [5.41, 5.74) is 0. The van der Waals surface area contributed by atoms with Crippen molar-refractivity contribution < 1.29 is 0 Å². The van der Waals surface area contributed by atoms with Crippen molar-refractivity contribution in [2.75, 3.05) is 6.54 Å². The Bertz CT molecular complexity index is 152. The summed E-state index contributed by atoms with van der Waals surface area (Å²) in [6.45, 7) is 5.59. The lowest BCUT2D eigenvalue weighted by atomic mass is 10.1. The summed E-state index contributed by atoms with van der Waals surface area (Å²) in [7, 11) is 0. The third kappa shape index (κ3) is 15.5. The molecule has 0 aromatic rings. The predicted molar refractivity (Wildman–Crippen MR) is 79.3 cm³/mol. The average Bonchev–Trinajstić information content (AvgIpc) is 2.35. The van der Waals surface area contributed by atoms with E-state index in [1.54, 1.807) is 0 Å². The highest BCUT2D eigenvalue weighted by Gasteiger charge is 1.91. The van der Waals surface area contributed by atoms with Gasteiger partial charge in [0.2, 0.25) is 0 Å². The smallest absolute Gasteiger partial charge is 0.0141 e. The summed E-state index contributed by atoms with van der Waals surface area (Å²) in [6.07, 6.45) is 19.6. The maximum Gasteiger partial charge on any atom is 0.0141 e. The van der Waals surface area contributed by atoms with E-state index >= 15 is 0 Å². The van der Waals surface area contributed by atoms with E-state index in [0.29, 0.717) is 0 Å². The molecule has 0 fully saturated rings. The van der Waals surface area contributed by atoms with Gasteiger partial charge in [0.15, 0.2) is 0 Å². The molecule has 17 heavy (non-hydrogen) atoms. The summed E-state index contributed by atoms with van der Waals surface area (Å²) in [4.78, 5) is 0. The first-order chi connectivity index (χ1) is 8.41. The van der Waals surface area contributed by atoms with Crippen molar-refractivity contribution in [3.05, 3.63) is 12.3 Å². The third-order valence-corrected chi connectivity index (χ3v) is 3.15. The summed E-state index contributed by atoms with van der Waals surface area (Å²) < 4.78 is 0. The predicted octanol–water partition coefficient (Wildman–Crippen LogP) is 5.42. The second-order valence-corrected chi connectivity index (χ2v) is 4.95. The highest BCUT2D eigenvalue weighted by Crippen LogP contribution is 2.10. The molecule has 0 aliphatic heterocycles. The fourth-order valence-corrected chi connectivity index (χ4v) is 2.00. The molecule has 1 N–H and O–H groups in total. The summed E-state index contributed by atoms with van der Waals surface area (Å²) in [5, 5.41) is 3.33. The summed E-state index contributed by atoms with van der Waals surface area (Å²) >= 11 is 0. The molecule has 0 heterocycles. The average molecular weight is 239 g/mol. The van der Waals surface area contributed by atoms with Gasteiger partial charge in [-0.15, -0.1) is 0 Å². The van der Waals surface area contributed by atoms with Crippen LogP contribution in [-0.4, -0.2) is 6.54 Å². The van der Waals surface area contributed by atoms with Crippen LogP contribution in [0.3, 0.4) is 0 Å². The van der Waals surface area contributed by atoms with Gasteiger partial charge in [0.05, 0.1) is 0 Å². The first-order valence-corrected chi connectivity index (χ1v) is 7.80. The fraction of sp³-hybridized carbons (Fsp3) is 0.875. The molecule has 0 atom stereocenters. The molecule has 0 aromatic heterocycles. The molecule has 0 rings (SSSR count). The van der Waals surface area contributed by atoms with Crippen LogP contribution in [0.25, 0.3) is 0 Å². The van der Waals surface area contributed by atoms with Crippen LogP contribution >= 0.6 is 0 Å². The van der Waals surface area contributed by atoms with Crippen molar-refractivity contribution in [3.8, 4) is 0 Å². The number of hydrogen-bond donors (Lipinski definition) is 1. The molecule has 0 spiro atoms. The van der Waals surface area contributed by atoms with Crippen molar-refractivity contribution in [2.24, 2.45) is 0 Å². The van der Waals surface area contributed by atoms with Crippen molar-refractivity contribution in [2.45, 2.75) is 84.5 Å². The number of hydrogen-bond acceptors (Lipinski definition) is 1. The molecule has 102 valence electrons. The second kappa shape index (κ2) is 15.5. The van der Waals surface area contributed by atoms with Crippen molar-refractivity contribution in [1.29, 1.82) is 0 Å². The van der Waals surface area contributed by atoms with Gasteiger partial charge in [0.25, 0.3) is 0 Å². The number of allylic oxidation sites excluding steroid dienone is 1. The monoisotopic (exact) mass is 239 g/mol. The van der Waals surface area contributed by atoms with Crippen LogP contribution in [0, 0.1) is 0 Å². The van der Waals surface area contributed by atoms with Crippen molar-refractivity contribution in [3.63, 3.8) is 0 Å². The highest BCUT2D eigenvalue weighted by molar-refractivity contribution is 4.77. The normalized spacial score (nSPS) is 11.2. The maximum atomic E-state index is 3.33. The molecule has 0 aromatic carbocycles. The largest absolute Gasteiger partial charge is 0.391 e. The van der Waals surface area contributed by atoms with Crippen LogP contribution in [0.15, 0.2) is 12.3 Å². The lowest BCUT2D eigenvalue weighted by Crippen LogP contribution is -2.06. The van der Waals surface area contributed by atoms with E-state index in [1.165, 1.54) is 64.2 Å². The molecule has 0 saturated heterocycles. The van der Waals surface area contributed by atoms with Crippen molar-refractivity contribution in [1.82, 2.24) is 5.32 Å². The van der Waals surface area contributed by atoms with E-state index in [-0.39, 0.29) is 0 Å².